The number of rotatable bonds is 8. The summed E-state index contributed by atoms with van der Waals surface area (Å²) in [6.45, 7) is 8.83. The van der Waals surface area contributed by atoms with Gasteiger partial charge in [0.2, 0.25) is 0 Å². The van der Waals surface area contributed by atoms with Crippen molar-refractivity contribution in [1.82, 2.24) is 5.32 Å². The van der Waals surface area contributed by atoms with Crippen molar-refractivity contribution in [3.63, 3.8) is 0 Å². The monoisotopic (exact) mass is 341 g/mol. The highest BCUT2D eigenvalue weighted by molar-refractivity contribution is 5.80. The Morgan fingerprint density at radius 1 is 1.00 bits per heavy atom. The molecule has 0 unspecified atom stereocenters. The summed E-state index contributed by atoms with van der Waals surface area (Å²) in [6, 6.07) is 15.7. The normalized spacial score (nSPS) is 11.9. The lowest BCUT2D eigenvalue weighted by Crippen LogP contribution is -2.38. The van der Waals surface area contributed by atoms with Gasteiger partial charge < -0.3 is 14.8 Å². The lowest BCUT2D eigenvalue weighted by molar-refractivity contribution is -0.127. The van der Waals surface area contributed by atoms with Crippen molar-refractivity contribution in [3.8, 4) is 11.5 Å². The van der Waals surface area contributed by atoms with Crippen molar-refractivity contribution in [3.05, 3.63) is 59.7 Å². The molecule has 1 atom stereocenters. The van der Waals surface area contributed by atoms with Gasteiger partial charge in [-0.3, -0.25) is 4.79 Å². The summed E-state index contributed by atoms with van der Waals surface area (Å²) in [7, 11) is 0. The molecule has 0 aliphatic rings. The van der Waals surface area contributed by atoms with Crippen LogP contribution in [0.1, 0.15) is 37.8 Å². The molecule has 2 aromatic carbocycles. The molecule has 4 heteroatoms. The van der Waals surface area contributed by atoms with Crippen molar-refractivity contribution >= 4 is 5.91 Å². The first kappa shape index (κ1) is 18.8. The van der Waals surface area contributed by atoms with Gasteiger partial charge in [-0.05, 0) is 43.0 Å². The smallest absolute Gasteiger partial charge is 0.260 e. The molecule has 1 N–H and O–H groups in total. The SMILES string of the molecule is Cc1ccccc1OCCNC(=O)[C@@H](C)Oc1ccccc1C(C)C. The lowest BCUT2D eigenvalue weighted by Gasteiger charge is -2.18. The van der Waals surface area contributed by atoms with Gasteiger partial charge in [-0.25, -0.2) is 0 Å². The molecule has 1 amide bonds. The summed E-state index contributed by atoms with van der Waals surface area (Å²) in [5.74, 6) is 1.80. The second kappa shape index (κ2) is 9.11. The summed E-state index contributed by atoms with van der Waals surface area (Å²) in [5.41, 5.74) is 2.18. The highest BCUT2D eigenvalue weighted by Crippen LogP contribution is 2.26. The van der Waals surface area contributed by atoms with Crippen LogP contribution in [0, 0.1) is 6.92 Å². The molecule has 0 aliphatic carbocycles. The molecular weight excluding hydrogens is 314 g/mol. The van der Waals surface area contributed by atoms with Crippen LogP contribution < -0.4 is 14.8 Å². The molecule has 134 valence electrons. The van der Waals surface area contributed by atoms with Gasteiger partial charge in [-0.15, -0.1) is 0 Å². The van der Waals surface area contributed by atoms with E-state index in [2.05, 4.69) is 19.2 Å². The van der Waals surface area contributed by atoms with Crippen LogP contribution in [0.15, 0.2) is 48.5 Å². The first-order chi connectivity index (χ1) is 12.0. The van der Waals surface area contributed by atoms with E-state index in [9.17, 15) is 4.79 Å². The number of para-hydroxylation sites is 2. The molecule has 2 aromatic rings. The molecule has 0 spiro atoms. The standard InChI is InChI=1S/C21H27NO3/c1-15(2)18-10-6-8-12-20(18)25-17(4)21(23)22-13-14-24-19-11-7-5-9-16(19)3/h5-12,15,17H,13-14H2,1-4H3,(H,22,23)/t17-/m1/s1. The van der Waals surface area contributed by atoms with Gasteiger partial charge in [-0.1, -0.05) is 50.2 Å². The number of nitrogens with one attached hydrogen (secondary N) is 1. The maximum Gasteiger partial charge on any atom is 0.260 e. The lowest BCUT2D eigenvalue weighted by atomic mass is 10.0. The fourth-order valence-electron chi connectivity index (χ4n) is 2.51. The molecule has 0 radical (unpaired) electrons. The van der Waals surface area contributed by atoms with E-state index in [1.54, 1.807) is 6.92 Å². The van der Waals surface area contributed by atoms with Crippen LogP contribution in [0.2, 0.25) is 0 Å². The van der Waals surface area contributed by atoms with Gasteiger partial charge in [0.15, 0.2) is 6.10 Å². The zero-order chi connectivity index (χ0) is 18.2. The number of ether oxygens (including phenoxy) is 2. The number of hydrogen-bond donors (Lipinski definition) is 1. The zero-order valence-corrected chi connectivity index (χ0v) is 15.4. The van der Waals surface area contributed by atoms with E-state index < -0.39 is 6.10 Å². The minimum Gasteiger partial charge on any atom is -0.491 e. The molecule has 0 bridgehead atoms. The second-order valence-corrected chi connectivity index (χ2v) is 6.36. The van der Waals surface area contributed by atoms with Gasteiger partial charge in [0.05, 0.1) is 6.54 Å². The van der Waals surface area contributed by atoms with Gasteiger partial charge in [0.25, 0.3) is 5.91 Å². The molecule has 4 nitrogen and oxygen atoms in total. The Bertz CT molecular complexity index is 697. The largest absolute Gasteiger partial charge is 0.491 e. The average molecular weight is 341 g/mol. The first-order valence-electron chi connectivity index (χ1n) is 8.70. The molecular formula is C21H27NO3. The predicted molar refractivity (Wildman–Crippen MR) is 100 cm³/mol. The Hall–Kier alpha value is -2.49. The number of aryl methyl sites for hydroxylation is 1. The van der Waals surface area contributed by atoms with Crippen molar-refractivity contribution in [2.45, 2.75) is 39.7 Å². The molecule has 0 aliphatic heterocycles. The fraction of sp³-hybridized carbons (Fsp3) is 0.381. The summed E-state index contributed by atoms with van der Waals surface area (Å²) >= 11 is 0. The third-order valence-electron chi connectivity index (χ3n) is 3.97. The molecule has 2 rings (SSSR count). The van der Waals surface area contributed by atoms with E-state index in [0.717, 1.165) is 22.6 Å². The Kier molecular flexibility index (Phi) is 6.87. The summed E-state index contributed by atoms with van der Waals surface area (Å²) in [5, 5.41) is 2.85. The van der Waals surface area contributed by atoms with Crippen LogP contribution in [-0.2, 0) is 4.79 Å². The average Bonchev–Trinajstić information content (AvgIpc) is 2.60. The van der Waals surface area contributed by atoms with Crippen LogP contribution >= 0.6 is 0 Å². The Morgan fingerprint density at radius 2 is 1.64 bits per heavy atom. The summed E-state index contributed by atoms with van der Waals surface area (Å²) in [6.07, 6.45) is -0.557. The van der Waals surface area contributed by atoms with E-state index >= 15 is 0 Å². The van der Waals surface area contributed by atoms with E-state index in [4.69, 9.17) is 9.47 Å². The number of hydrogen-bond acceptors (Lipinski definition) is 3. The van der Waals surface area contributed by atoms with E-state index in [1.165, 1.54) is 0 Å². The topological polar surface area (TPSA) is 47.6 Å². The molecule has 0 saturated heterocycles. The maximum atomic E-state index is 12.2. The van der Waals surface area contributed by atoms with Crippen molar-refractivity contribution in [2.75, 3.05) is 13.2 Å². The van der Waals surface area contributed by atoms with Crippen LogP contribution in [-0.4, -0.2) is 25.2 Å². The van der Waals surface area contributed by atoms with E-state index in [0.29, 0.717) is 19.1 Å². The minimum absolute atomic E-state index is 0.146. The number of carbonyl (C=O) groups is 1. The molecule has 0 fully saturated rings. The van der Waals surface area contributed by atoms with E-state index in [-0.39, 0.29) is 5.91 Å². The third-order valence-corrected chi connectivity index (χ3v) is 3.97. The van der Waals surface area contributed by atoms with Gasteiger partial charge in [-0.2, -0.15) is 0 Å². The van der Waals surface area contributed by atoms with Crippen LogP contribution in [0.25, 0.3) is 0 Å². The number of amides is 1. The summed E-state index contributed by atoms with van der Waals surface area (Å²) in [4.78, 5) is 12.2. The minimum atomic E-state index is -0.557. The van der Waals surface area contributed by atoms with Crippen LogP contribution in [0.4, 0.5) is 0 Å². The number of carbonyl (C=O) groups excluding carboxylic acids is 1. The van der Waals surface area contributed by atoms with E-state index in [1.807, 2.05) is 55.5 Å². The quantitative estimate of drug-likeness (QED) is 0.736. The van der Waals surface area contributed by atoms with Crippen molar-refractivity contribution < 1.29 is 14.3 Å². The molecule has 0 heterocycles. The zero-order valence-electron chi connectivity index (χ0n) is 15.4. The first-order valence-corrected chi connectivity index (χ1v) is 8.70. The van der Waals surface area contributed by atoms with Crippen LogP contribution in [0.3, 0.4) is 0 Å². The third kappa shape index (κ3) is 5.52. The van der Waals surface area contributed by atoms with Gasteiger partial charge in [0.1, 0.15) is 18.1 Å². The van der Waals surface area contributed by atoms with Crippen molar-refractivity contribution in [2.24, 2.45) is 0 Å². The van der Waals surface area contributed by atoms with Crippen molar-refractivity contribution in [1.29, 1.82) is 0 Å². The Morgan fingerprint density at radius 3 is 2.32 bits per heavy atom. The second-order valence-electron chi connectivity index (χ2n) is 6.36. The maximum absolute atomic E-state index is 12.2. The molecule has 25 heavy (non-hydrogen) atoms. The highest BCUT2D eigenvalue weighted by Gasteiger charge is 2.16. The van der Waals surface area contributed by atoms with Gasteiger partial charge in [0, 0.05) is 0 Å². The van der Waals surface area contributed by atoms with Gasteiger partial charge >= 0.3 is 0 Å². The Balaban J connectivity index is 1.80. The summed E-state index contributed by atoms with van der Waals surface area (Å²) < 4.78 is 11.5. The Labute approximate surface area is 150 Å². The predicted octanol–water partition coefficient (Wildman–Crippen LogP) is 4.08. The fourth-order valence-corrected chi connectivity index (χ4v) is 2.51. The molecule has 0 aromatic heterocycles. The van der Waals surface area contributed by atoms with Crippen LogP contribution in [0.5, 0.6) is 11.5 Å². The number of benzene rings is 2. The highest BCUT2D eigenvalue weighted by atomic mass is 16.5. The molecule has 0 saturated carbocycles.